The van der Waals surface area contributed by atoms with Gasteiger partial charge in [-0.25, -0.2) is 16.8 Å². The van der Waals surface area contributed by atoms with Gasteiger partial charge in [0.15, 0.2) is 0 Å². The van der Waals surface area contributed by atoms with Crippen molar-refractivity contribution in [1.82, 2.24) is 0 Å². The van der Waals surface area contributed by atoms with Gasteiger partial charge in [-0.15, -0.1) is 0 Å². The van der Waals surface area contributed by atoms with Crippen LogP contribution >= 0.6 is 0 Å². The van der Waals surface area contributed by atoms with Crippen molar-refractivity contribution in [3.8, 4) is 16.9 Å². The maximum absolute atomic E-state index is 12.7. The minimum absolute atomic E-state index is 0.000709. The summed E-state index contributed by atoms with van der Waals surface area (Å²) in [6, 6.07) is 13.4. The van der Waals surface area contributed by atoms with Crippen LogP contribution in [0.4, 0.5) is 24.5 Å². The molecular weight excluding hydrogens is 469 g/mol. The second kappa shape index (κ2) is 8.36. The zero-order valence-corrected chi connectivity index (χ0v) is 18.0. The lowest BCUT2D eigenvalue weighted by Crippen LogP contribution is -2.14. The second-order valence-electron chi connectivity index (χ2n) is 6.81. The molecule has 7 nitrogen and oxygen atoms in total. The Balaban J connectivity index is 1.82. The van der Waals surface area contributed by atoms with Crippen molar-refractivity contribution in [2.75, 3.05) is 15.7 Å². The summed E-state index contributed by atoms with van der Waals surface area (Å²) in [5.74, 6) is -0.390. The molecule has 0 bridgehead atoms. The molecule has 3 aromatic carbocycles. The lowest BCUT2D eigenvalue weighted by Gasteiger charge is -2.12. The van der Waals surface area contributed by atoms with Gasteiger partial charge in [-0.05, 0) is 53.6 Å². The van der Waals surface area contributed by atoms with Crippen LogP contribution in [0.5, 0.6) is 5.75 Å². The molecule has 0 atom stereocenters. The highest BCUT2D eigenvalue weighted by Crippen LogP contribution is 2.32. The number of nitrogens with one attached hydrogen (secondary N) is 2. The summed E-state index contributed by atoms with van der Waals surface area (Å²) in [4.78, 5) is -0.126. The number of halogens is 3. The minimum Gasteiger partial charge on any atom is -0.506 e. The number of anilines is 2. The quantitative estimate of drug-likeness (QED) is 0.356. The van der Waals surface area contributed by atoms with E-state index in [1.54, 1.807) is 0 Å². The molecule has 12 heteroatoms. The lowest BCUT2D eigenvalue weighted by molar-refractivity contribution is -0.137. The van der Waals surface area contributed by atoms with E-state index in [1.165, 1.54) is 42.5 Å². The maximum atomic E-state index is 12.7. The molecule has 0 amide bonds. The topological polar surface area (TPSA) is 113 Å². The molecular formula is C20H17F3N2O5S2. The number of hydrogen-bond acceptors (Lipinski definition) is 5. The zero-order valence-electron chi connectivity index (χ0n) is 16.4. The zero-order chi connectivity index (χ0) is 23.7. The highest BCUT2D eigenvalue weighted by molar-refractivity contribution is 7.92. The van der Waals surface area contributed by atoms with E-state index in [-0.39, 0.29) is 22.0 Å². The molecule has 0 aliphatic carbocycles. The Labute approximate surface area is 182 Å². The summed E-state index contributed by atoms with van der Waals surface area (Å²) in [7, 11) is -7.77. The van der Waals surface area contributed by atoms with Gasteiger partial charge >= 0.3 is 6.18 Å². The minimum atomic E-state index is -4.45. The Hall–Kier alpha value is -3.25. The molecule has 0 spiro atoms. The molecule has 0 aliphatic heterocycles. The summed E-state index contributed by atoms with van der Waals surface area (Å²) in [5.41, 5.74) is 0.00118. The van der Waals surface area contributed by atoms with Crippen LogP contribution in [0.15, 0.2) is 71.6 Å². The summed E-state index contributed by atoms with van der Waals surface area (Å²) >= 11 is 0. The number of alkyl halides is 3. The predicted octanol–water partition coefficient (Wildman–Crippen LogP) is 4.25. The van der Waals surface area contributed by atoms with Crippen LogP contribution < -0.4 is 9.44 Å². The average molecular weight is 486 g/mol. The van der Waals surface area contributed by atoms with Gasteiger partial charge < -0.3 is 5.11 Å². The van der Waals surface area contributed by atoms with Crippen LogP contribution in [0.2, 0.25) is 0 Å². The maximum Gasteiger partial charge on any atom is 0.416 e. The first-order chi connectivity index (χ1) is 14.7. The van der Waals surface area contributed by atoms with E-state index < -0.39 is 31.8 Å². The first-order valence-electron chi connectivity index (χ1n) is 8.86. The van der Waals surface area contributed by atoms with Gasteiger partial charge in [0.2, 0.25) is 10.0 Å². The Kier molecular flexibility index (Phi) is 6.11. The summed E-state index contributed by atoms with van der Waals surface area (Å²) in [6.07, 6.45) is -3.57. The Morgan fingerprint density at radius 1 is 0.781 bits per heavy atom. The smallest absolute Gasteiger partial charge is 0.416 e. The molecule has 0 saturated heterocycles. The van der Waals surface area contributed by atoms with Crippen molar-refractivity contribution in [2.45, 2.75) is 11.1 Å². The van der Waals surface area contributed by atoms with Gasteiger partial charge in [0.25, 0.3) is 10.0 Å². The summed E-state index contributed by atoms with van der Waals surface area (Å²) in [6.45, 7) is 0. The number of rotatable bonds is 6. The van der Waals surface area contributed by atoms with E-state index in [4.69, 9.17) is 0 Å². The van der Waals surface area contributed by atoms with Crippen molar-refractivity contribution < 1.29 is 35.1 Å². The van der Waals surface area contributed by atoms with Crippen LogP contribution in [0.1, 0.15) is 5.56 Å². The fourth-order valence-electron chi connectivity index (χ4n) is 2.77. The molecule has 0 aliphatic rings. The van der Waals surface area contributed by atoms with Gasteiger partial charge in [0, 0.05) is 0 Å². The van der Waals surface area contributed by atoms with Crippen LogP contribution in [0.25, 0.3) is 11.1 Å². The molecule has 0 fully saturated rings. The van der Waals surface area contributed by atoms with Crippen LogP contribution in [-0.2, 0) is 26.2 Å². The Bertz CT molecular complexity index is 1340. The Morgan fingerprint density at radius 2 is 1.31 bits per heavy atom. The highest BCUT2D eigenvalue weighted by atomic mass is 32.2. The van der Waals surface area contributed by atoms with Crippen LogP contribution in [0.3, 0.4) is 0 Å². The average Bonchev–Trinajstić information content (AvgIpc) is 2.69. The van der Waals surface area contributed by atoms with Crippen LogP contribution in [-0.4, -0.2) is 28.2 Å². The van der Waals surface area contributed by atoms with E-state index in [0.29, 0.717) is 11.1 Å². The third-order valence-electron chi connectivity index (χ3n) is 4.25. The number of phenols is 1. The summed E-state index contributed by atoms with van der Waals surface area (Å²) in [5, 5.41) is 9.75. The monoisotopic (exact) mass is 486 g/mol. The summed E-state index contributed by atoms with van der Waals surface area (Å²) < 4.78 is 90.5. The number of aromatic hydroxyl groups is 1. The van der Waals surface area contributed by atoms with Gasteiger partial charge in [0.1, 0.15) is 5.75 Å². The first-order valence-corrected chi connectivity index (χ1v) is 12.2. The molecule has 32 heavy (non-hydrogen) atoms. The fraction of sp³-hybridized carbons (Fsp3) is 0.100. The third kappa shape index (κ3) is 5.71. The Morgan fingerprint density at radius 3 is 1.81 bits per heavy atom. The number of phenolic OH excluding ortho intramolecular Hbond substituents is 1. The van der Waals surface area contributed by atoms with E-state index in [0.717, 1.165) is 30.5 Å². The molecule has 3 aromatic rings. The standard InChI is InChI=1S/C20H17F3N2O5S2/c1-31(27,28)25-18-12-16(8-11-19(18)26)24-32(29,30)17-9-4-14(5-10-17)13-2-6-15(7-3-13)20(21,22)23/h2-12,24-26H,1H3. The third-order valence-corrected chi connectivity index (χ3v) is 6.24. The molecule has 0 radical (unpaired) electrons. The predicted molar refractivity (Wildman–Crippen MR) is 114 cm³/mol. The molecule has 3 N–H and O–H groups in total. The van der Waals surface area contributed by atoms with Crippen molar-refractivity contribution >= 4 is 31.4 Å². The van der Waals surface area contributed by atoms with Crippen molar-refractivity contribution in [3.63, 3.8) is 0 Å². The van der Waals surface area contributed by atoms with E-state index >= 15 is 0 Å². The molecule has 170 valence electrons. The second-order valence-corrected chi connectivity index (χ2v) is 10.2. The number of sulfonamides is 2. The van der Waals surface area contributed by atoms with E-state index in [2.05, 4.69) is 9.44 Å². The van der Waals surface area contributed by atoms with Crippen molar-refractivity contribution in [3.05, 3.63) is 72.3 Å². The molecule has 0 saturated carbocycles. The van der Waals surface area contributed by atoms with Gasteiger partial charge in [-0.3, -0.25) is 9.44 Å². The van der Waals surface area contributed by atoms with Crippen molar-refractivity contribution in [2.24, 2.45) is 0 Å². The van der Waals surface area contributed by atoms with Crippen LogP contribution in [0, 0.1) is 0 Å². The molecule has 3 rings (SSSR count). The van der Waals surface area contributed by atoms with Gasteiger partial charge in [-0.2, -0.15) is 13.2 Å². The molecule has 0 unspecified atom stereocenters. The molecule has 0 heterocycles. The normalized spacial score (nSPS) is 12.4. The first kappa shape index (κ1) is 23.4. The number of hydrogen-bond donors (Lipinski definition) is 3. The van der Waals surface area contributed by atoms with Crippen molar-refractivity contribution in [1.29, 1.82) is 0 Å². The van der Waals surface area contributed by atoms with Gasteiger partial charge in [-0.1, -0.05) is 24.3 Å². The highest BCUT2D eigenvalue weighted by Gasteiger charge is 2.30. The van der Waals surface area contributed by atoms with E-state index in [9.17, 15) is 35.1 Å². The SMILES string of the molecule is CS(=O)(=O)Nc1cc(NS(=O)(=O)c2ccc(-c3ccc(C(F)(F)F)cc3)cc2)ccc1O. The molecule has 0 aromatic heterocycles. The van der Waals surface area contributed by atoms with E-state index in [1.807, 2.05) is 0 Å². The fourth-order valence-corrected chi connectivity index (χ4v) is 4.39. The lowest BCUT2D eigenvalue weighted by atomic mass is 10.0. The largest absolute Gasteiger partial charge is 0.506 e. The number of benzene rings is 3. The van der Waals surface area contributed by atoms with Gasteiger partial charge in [0.05, 0.1) is 28.1 Å².